The Hall–Kier alpha value is -5.98. The van der Waals surface area contributed by atoms with Crippen molar-refractivity contribution in [1.29, 1.82) is 0 Å². The summed E-state index contributed by atoms with van der Waals surface area (Å²) in [5.41, 5.74) is 7.71. The molecule has 4 nitrogen and oxygen atoms in total. The highest BCUT2D eigenvalue weighted by molar-refractivity contribution is 7.84. The fourth-order valence-electron chi connectivity index (χ4n) is 8.85. The lowest BCUT2D eigenvalue weighted by atomic mass is 9.77. The van der Waals surface area contributed by atoms with Gasteiger partial charge in [-0.2, -0.15) is 0 Å². The molecular weight excluding hydrogens is 893 g/mol. The van der Waals surface area contributed by atoms with Crippen molar-refractivity contribution in [3.63, 3.8) is 0 Å². The van der Waals surface area contributed by atoms with E-state index in [1.807, 2.05) is 121 Å². The van der Waals surface area contributed by atoms with Crippen molar-refractivity contribution >= 4 is 135 Å². The Morgan fingerprint density at radius 2 is 0.810 bits per heavy atom. The van der Waals surface area contributed by atoms with Crippen LogP contribution < -0.4 is 0 Å². The van der Waals surface area contributed by atoms with E-state index in [1.54, 1.807) is 22.7 Å². The summed E-state index contributed by atoms with van der Waals surface area (Å²) < 4.78 is 14.4. The third kappa shape index (κ3) is 6.55. The van der Waals surface area contributed by atoms with Crippen molar-refractivity contribution < 1.29 is 19.1 Å². The molecule has 0 aliphatic heterocycles. The Bertz CT molecular complexity index is 3110. The van der Waals surface area contributed by atoms with Gasteiger partial charge in [-0.15, -0.1) is 22.7 Å². The molecule has 11 rings (SSSR count). The topological polar surface area (TPSA) is 52.6 Å². The maximum Gasteiger partial charge on any atom is 0.333 e. The van der Waals surface area contributed by atoms with Gasteiger partial charge in [-0.3, -0.25) is 9.59 Å². The SMILES string of the molecule is O=C(OCc1ccccc1)C1(C(=O)OCc2ccccc2)c2cc3cc(C=C4C(=S)c5ccccc5C4=S)sc3cc2-c2cc3sc(C=C4C(=S)c5ccccc5C4=S)cc3cc21. The van der Waals surface area contributed by atoms with Gasteiger partial charge < -0.3 is 9.47 Å². The van der Waals surface area contributed by atoms with E-state index in [0.29, 0.717) is 11.1 Å². The zero-order chi connectivity index (χ0) is 43.0. The molecule has 2 aromatic heterocycles. The summed E-state index contributed by atoms with van der Waals surface area (Å²) >= 11 is 26.9. The van der Waals surface area contributed by atoms with E-state index in [0.717, 1.165) is 105 Å². The molecule has 6 aromatic carbocycles. The van der Waals surface area contributed by atoms with E-state index in [9.17, 15) is 0 Å². The molecule has 10 heteroatoms. The number of allylic oxidation sites excluding steroid dienone is 2. The number of thiophene rings is 2. The lowest BCUT2D eigenvalue weighted by molar-refractivity contribution is -0.164. The van der Waals surface area contributed by atoms with Gasteiger partial charge in [0.05, 0.1) is 19.5 Å². The number of hydrogen-bond acceptors (Lipinski definition) is 10. The molecule has 0 fully saturated rings. The van der Waals surface area contributed by atoms with Crippen molar-refractivity contribution in [2.75, 3.05) is 0 Å². The minimum atomic E-state index is -1.95. The molecule has 3 aliphatic rings. The molecule has 2 heterocycles. The van der Waals surface area contributed by atoms with Crippen LogP contribution in [0.3, 0.4) is 0 Å². The van der Waals surface area contributed by atoms with Gasteiger partial charge in [-0.1, -0.05) is 158 Å². The Labute approximate surface area is 392 Å². The fourth-order valence-corrected chi connectivity index (χ4v) is 12.4. The highest BCUT2D eigenvalue weighted by atomic mass is 32.1. The highest BCUT2D eigenvalue weighted by Gasteiger charge is 2.58. The van der Waals surface area contributed by atoms with Crippen LogP contribution >= 0.6 is 71.5 Å². The van der Waals surface area contributed by atoms with Crippen LogP contribution in [0.4, 0.5) is 0 Å². The average molecular weight is 923 g/mol. The van der Waals surface area contributed by atoms with Crippen molar-refractivity contribution in [3.05, 3.63) is 211 Å². The summed E-state index contributed by atoms with van der Waals surface area (Å²) in [6.45, 7) is -0.0569. The monoisotopic (exact) mass is 922 g/mol. The normalized spacial score (nSPS) is 14.5. The van der Waals surface area contributed by atoms with E-state index in [1.165, 1.54) is 0 Å². The molecule has 0 spiro atoms. The van der Waals surface area contributed by atoms with E-state index >= 15 is 9.59 Å². The van der Waals surface area contributed by atoms with Crippen LogP contribution in [0.2, 0.25) is 0 Å². The molecule has 0 amide bonds. The fraction of sp³-hybridized carbons (Fsp3) is 0.0566. The number of ether oxygens (including phenoxy) is 2. The van der Waals surface area contributed by atoms with Gasteiger partial charge in [0.1, 0.15) is 13.2 Å². The molecule has 0 radical (unpaired) electrons. The van der Waals surface area contributed by atoms with E-state index < -0.39 is 17.4 Å². The van der Waals surface area contributed by atoms with Crippen LogP contribution in [0.15, 0.2) is 157 Å². The quantitative estimate of drug-likeness (QED) is 0.0647. The van der Waals surface area contributed by atoms with Gasteiger partial charge in [0.25, 0.3) is 0 Å². The third-order valence-electron chi connectivity index (χ3n) is 11.9. The lowest BCUT2D eigenvalue weighted by Gasteiger charge is -2.28. The number of benzene rings is 6. The van der Waals surface area contributed by atoms with E-state index in [4.69, 9.17) is 58.3 Å². The van der Waals surface area contributed by atoms with E-state index in [-0.39, 0.29) is 13.2 Å². The van der Waals surface area contributed by atoms with Gasteiger partial charge in [0.2, 0.25) is 5.41 Å². The summed E-state index contributed by atoms with van der Waals surface area (Å²) in [5, 5.41) is 1.73. The maximum absolute atomic E-state index is 15.2. The Morgan fingerprint density at radius 1 is 0.460 bits per heavy atom. The van der Waals surface area contributed by atoms with Crippen LogP contribution in [-0.2, 0) is 37.7 Å². The number of carbonyl (C=O) groups is 2. The molecule has 8 aromatic rings. The van der Waals surface area contributed by atoms with Crippen LogP contribution in [0.25, 0.3) is 43.5 Å². The van der Waals surface area contributed by atoms with Crippen molar-refractivity contribution in [2.24, 2.45) is 0 Å². The number of hydrogen-bond donors (Lipinski definition) is 0. The largest absolute Gasteiger partial charge is 0.459 e. The molecule has 0 atom stereocenters. The average Bonchev–Trinajstić information content (AvgIpc) is 4.09. The number of esters is 2. The predicted octanol–water partition coefficient (Wildman–Crippen LogP) is 12.9. The van der Waals surface area contributed by atoms with Crippen LogP contribution in [0.1, 0.15) is 54.3 Å². The molecule has 0 bridgehead atoms. The second-order valence-electron chi connectivity index (χ2n) is 15.6. The van der Waals surface area contributed by atoms with Crippen molar-refractivity contribution in [3.8, 4) is 11.1 Å². The molecule has 0 unspecified atom stereocenters. The molecular formula is C53H30O4S6. The zero-order valence-electron chi connectivity index (χ0n) is 33.0. The lowest BCUT2D eigenvalue weighted by Crippen LogP contribution is -2.45. The first-order valence-corrected chi connectivity index (χ1v) is 23.3. The minimum absolute atomic E-state index is 0.0285. The first-order valence-electron chi connectivity index (χ1n) is 20.1. The van der Waals surface area contributed by atoms with Gasteiger partial charge in [0.15, 0.2) is 0 Å². The predicted molar refractivity (Wildman–Crippen MR) is 272 cm³/mol. The van der Waals surface area contributed by atoms with Gasteiger partial charge in [0, 0.05) is 52.6 Å². The summed E-state index contributed by atoms with van der Waals surface area (Å²) in [4.78, 5) is 35.2. The standard InChI is InChI=1S/C53H30O4S6/c54-51(56-27-29-11-3-1-4-12-29)53(52(55)57-28-30-13-5-2-6-14-30)43-21-31-19-33(23-41-47(58)35-15-7-8-16-36(35)48(41)59)62-45(31)25-39(43)40-26-46-32(22-44(40)53)20-34(63-46)24-42-49(60)37-17-9-10-18-38(37)50(42)61/h1-26H,27-28H2. The number of carbonyl (C=O) groups excluding carboxylic acids is 2. The first kappa shape index (κ1) is 39.8. The van der Waals surface area contributed by atoms with Crippen LogP contribution in [0, 0.1) is 0 Å². The minimum Gasteiger partial charge on any atom is -0.459 e. The molecule has 3 aliphatic carbocycles. The van der Waals surface area contributed by atoms with Gasteiger partial charge in [-0.25, -0.2) is 0 Å². The maximum atomic E-state index is 15.2. The second kappa shape index (κ2) is 15.7. The summed E-state index contributed by atoms with van der Waals surface area (Å²) in [5.74, 6) is -1.42. The number of thiocarbonyl (C=S) groups is 4. The van der Waals surface area contributed by atoms with Crippen LogP contribution in [0.5, 0.6) is 0 Å². The molecule has 63 heavy (non-hydrogen) atoms. The molecule has 0 saturated carbocycles. The van der Waals surface area contributed by atoms with E-state index in [2.05, 4.69) is 36.4 Å². The van der Waals surface area contributed by atoms with Crippen molar-refractivity contribution in [2.45, 2.75) is 18.6 Å². The Morgan fingerprint density at radius 3 is 1.17 bits per heavy atom. The van der Waals surface area contributed by atoms with Gasteiger partial charge >= 0.3 is 11.9 Å². The summed E-state index contributed by atoms with van der Waals surface area (Å²) in [6, 6.07) is 47.1. The molecule has 0 saturated heterocycles. The number of rotatable bonds is 8. The molecule has 302 valence electrons. The number of fused-ring (bicyclic) bond motifs is 7. The third-order valence-corrected chi connectivity index (χ3v) is 15.7. The molecule has 0 N–H and O–H groups in total. The van der Waals surface area contributed by atoms with Gasteiger partial charge in [-0.05, 0) is 92.7 Å². The Balaban J connectivity index is 1.08. The Kier molecular flexibility index (Phi) is 9.91. The van der Waals surface area contributed by atoms with Crippen LogP contribution in [-0.4, -0.2) is 31.4 Å². The summed E-state index contributed by atoms with van der Waals surface area (Å²) in [6.07, 6.45) is 4.10. The van der Waals surface area contributed by atoms with Crippen molar-refractivity contribution in [1.82, 2.24) is 0 Å². The zero-order valence-corrected chi connectivity index (χ0v) is 37.9. The summed E-state index contributed by atoms with van der Waals surface area (Å²) in [7, 11) is 0. The highest BCUT2D eigenvalue weighted by Crippen LogP contribution is 2.54. The first-order chi connectivity index (χ1) is 30.7. The smallest absolute Gasteiger partial charge is 0.333 e. The second-order valence-corrected chi connectivity index (χ2v) is 19.4.